The Morgan fingerprint density at radius 3 is 2.63 bits per heavy atom. The van der Waals surface area contributed by atoms with Gasteiger partial charge in [0.15, 0.2) is 0 Å². The molecule has 106 valence electrons. The molecule has 1 N–H and O–H groups in total. The van der Waals surface area contributed by atoms with Crippen LogP contribution in [0.3, 0.4) is 0 Å². The van der Waals surface area contributed by atoms with E-state index in [2.05, 4.69) is 58.3 Å². The summed E-state index contributed by atoms with van der Waals surface area (Å²) in [6.07, 6.45) is 6.84. The van der Waals surface area contributed by atoms with Gasteiger partial charge in [-0.05, 0) is 53.0 Å². The van der Waals surface area contributed by atoms with E-state index in [4.69, 9.17) is 0 Å². The van der Waals surface area contributed by atoms with E-state index in [9.17, 15) is 0 Å². The lowest BCUT2D eigenvalue weighted by molar-refractivity contribution is 0.427. The number of rotatable bonds is 5. The molecule has 2 rings (SSSR count). The maximum atomic E-state index is 3.74. The summed E-state index contributed by atoms with van der Waals surface area (Å²) in [7, 11) is 2.24. The Balaban J connectivity index is 2.06. The summed E-state index contributed by atoms with van der Waals surface area (Å²) in [4.78, 5) is 2.46. The van der Waals surface area contributed by atoms with Crippen LogP contribution in [0.15, 0.2) is 22.7 Å². The molecule has 0 atom stereocenters. The van der Waals surface area contributed by atoms with Crippen molar-refractivity contribution in [1.82, 2.24) is 5.32 Å². The van der Waals surface area contributed by atoms with Crippen LogP contribution in [0.1, 0.15) is 44.6 Å². The third kappa shape index (κ3) is 3.96. The zero-order chi connectivity index (χ0) is 13.7. The molecule has 0 radical (unpaired) electrons. The summed E-state index contributed by atoms with van der Waals surface area (Å²) >= 11 is 3.74. The topological polar surface area (TPSA) is 15.3 Å². The second-order valence-electron chi connectivity index (χ2n) is 5.47. The first kappa shape index (κ1) is 14.9. The molecule has 1 aliphatic carbocycles. The van der Waals surface area contributed by atoms with Crippen molar-refractivity contribution in [2.45, 2.75) is 51.6 Å². The first-order chi connectivity index (χ1) is 9.22. The Labute approximate surface area is 125 Å². The van der Waals surface area contributed by atoms with Gasteiger partial charge in [-0.1, -0.05) is 32.3 Å². The van der Waals surface area contributed by atoms with E-state index in [1.54, 1.807) is 0 Å². The van der Waals surface area contributed by atoms with Crippen molar-refractivity contribution >= 4 is 21.6 Å². The summed E-state index contributed by atoms with van der Waals surface area (Å²) in [5, 5.41) is 3.37. The summed E-state index contributed by atoms with van der Waals surface area (Å²) in [6.45, 7) is 4.10. The SMILES string of the molecule is CCNCc1ccc(N(C)C2CCCCC2)c(Br)c1. The van der Waals surface area contributed by atoms with Crippen LogP contribution >= 0.6 is 15.9 Å². The minimum absolute atomic E-state index is 0.713. The monoisotopic (exact) mass is 324 g/mol. The zero-order valence-electron chi connectivity index (χ0n) is 12.1. The molecule has 1 saturated carbocycles. The van der Waals surface area contributed by atoms with Gasteiger partial charge in [-0.2, -0.15) is 0 Å². The van der Waals surface area contributed by atoms with Crippen LogP contribution in [0.4, 0.5) is 5.69 Å². The second-order valence-corrected chi connectivity index (χ2v) is 6.32. The second kappa shape index (κ2) is 7.30. The van der Waals surface area contributed by atoms with Crippen LogP contribution in [0.2, 0.25) is 0 Å². The van der Waals surface area contributed by atoms with Gasteiger partial charge in [0.2, 0.25) is 0 Å². The fourth-order valence-corrected chi connectivity index (χ4v) is 3.59. The normalized spacial score (nSPS) is 16.6. The van der Waals surface area contributed by atoms with E-state index in [1.165, 1.54) is 47.8 Å². The molecular formula is C16H25BrN2. The first-order valence-electron chi connectivity index (χ1n) is 7.44. The molecule has 0 spiro atoms. The van der Waals surface area contributed by atoms with Gasteiger partial charge in [-0.15, -0.1) is 0 Å². The Morgan fingerprint density at radius 2 is 2.00 bits per heavy atom. The quantitative estimate of drug-likeness (QED) is 0.867. The van der Waals surface area contributed by atoms with E-state index < -0.39 is 0 Å². The molecule has 0 amide bonds. The van der Waals surface area contributed by atoms with Crippen molar-refractivity contribution in [3.05, 3.63) is 28.2 Å². The van der Waals surface area contributed by atoms with Crippen LogP contribution in [-0.4, -0.2) is 19.6 Å². The number of halogens is 1. The predicted octanol–water partition coefficient (Wildman–Crippen LogP) is 4.33. The fourth-order valence-electron chi connectivity index (χ4n) is 2.88. The van der Waals surface area contributed by atoms with E-state index in [1.807, 2.05) is 0 Å². The van der Waals surface area contributed by atoms with Crippen molar-refractivity contribution in [3.8, 4) is 0 Å². The highest BCUT2D eigenvalue weighted by atomic mass is 79.9. The molecule has 2 nitrogen and oxygen atoms in total. The van der Waals surface area contributed by atoms with E-state index in [0.717, 1.165) is 13.1 Å². The van der Waals surface area contributed by atoms with Gasteiger partial charge < -0.3 is 10.2 Å². The van der Waals surface area contributed by atoms with Crippen molar-refractivity contribution in [3.63, 3.8) is 0 Å². The highest BCUT2D eigenvalue weighted by Gasteiger charge is 2.19. The molecule has 0 aliphatic heterocycles. The highest BCUT2D eigenvalue weighted by molar-refractivity contribution is 9.10. The highest BCUT2D eigenvalue weighted by Crippen LogP contribution is 2.31. The van der Waals surface area contributed by atoms with Crippen molar-refractivity contribution < 1.29 is 0 Å². The number of nitrogens with one attached hydrogen (secondary N) is 1. The molecule has 19 heavy (non-hydrogen) atoms. The number of nitrogens with zero attached hydrogens (tertiary/aromatic N) is 1. The molecule has 0 saturated heterocycles. The average molecular weight is 325 g/mol. The molecule has 0 aromatic heterocycles. The largest absolute Gasteiger partial charge is 0.371 e. The van der Waals surface area contributed by atoms with Crippen molar-refractivity contribution in [2.75, 3.05) is 18.5 Å². The Hall–Kier alpha value is -0.540. The van der Waals surface area contributed by atoms with Gasteiger partial charge >= 0.3 is 0 Å². The molecule has 1 aliphatic rings. The summed E-state index contributed by atoms with van der Waals surface area (Å²) in [5.74, 6) is 0. The van der Waals surface area contributed by atoms with Crippen molar-refractivity contribution in [1.29, 1.82) is 0 Å². The standard InChI is InChI=1S/C16H25BrN2/c1-3-18-12-13-9-10-16(15(17)11-13)19(2)14-7-5-4-6-8-14/h9-11,14,18H,3-8,12H2,1-2H3. The van der Waals surface area contributed by atoms with Crippen LogP contribution in [-0.2, 0) is 6.54 Å². The van der Waals surface area contributed by atoms with E-state index in [0.29, 0.717) is 6.04 Å². The smallest absolute Gasteiger partial charge is 0.0510 e. The minimum atomic E-state index is 0.713. The minimum Gasteiger partial charge on any atom is -0.371 e. The summed E-state index contributed by atoms with van der Waals surface area (Å²) < 4.78 is 1.22. The van der Waals surface area contributed by atoms with Gasteiger partial charge in [-0.25, -0.2) is 0 Å². The molecule has 1 aromatic carbocycles. The van der Waals surface area contributed by atoms with Crippen LogP contribution in [0.25, 0.3) is 0 Å². The number of hydrogen-bond donors (Lipinski definition) is 1. The summed E-state index contributed by atoms with van der Waals surface area (Å²) in [6, 6.07) is 7.45. The molecule has 0 bridgehead atoms. The maximum absolute atomic E-state index is 3.74. The van der Waals surface area contributed by atoms with Gasteiger partial charge in [0.25, 0.3) is 0 Å². The lowest BCUT2D eigenvalue weighted by Gasteiger charge is -2.33. The lowest BCUT2D eigenvalue weighted by Crippen LogP contribution is -2.33. The number of benzene rings is 1. The summed E-state index contributed by atoms with van der Waals surface area (Å²) in [5.41, 5.74) is 2.67. The molecule has 1 fully saturated rings. The van der Waals surface area contributed by atoms with Gasteiger partial charge in [0.1, 0.15) is 0 Å². The average Bonchev–Trinajstić information content (AvgIpc) is 2.45. The Morgan fingerprint density at radius 1 is 1.26 bits per heavy atom. The van der Waals surface area contributed by atoms with Crippen LogP contribution < -0.4 is 10.2 Å². The maximum Gasteiger partial charge on any atom is 0.0510 e. The molecule has 1 aromatic rings. The predicted molar refractivity (Wildman–Crippen MR) is 86.8 cm³/mol. The van der Waals surface area contributed by atoms with Gasteiger partial charge in [-0.3, -0.25) is 0 Å². The number of hydrogen-bond acceptors (Lipinski definition) is 2. The molecule has 3 heteroatoms. The fraction of sp³-hybridized carbons (Fsp3) is 0.625. The van der Waals surface area contributed by atoms with E-state index >= 15 is 0 Å². The van der Waals surface area contributed by atoms with Crippen LogP contribution in [0.5, 0.6) is 0 Å². The Kier molecular flexibility index (Phi) is 5.71. The zero-order valence-corrected chi connectivity index (χ0v) is 13.7. The molecule has 0 heterocycles. The first-order valence-corrected chi connectivity index (χ1v) is 8.23. The third-order valence-electron chi connectivity index (χ3n) is 4.09. The third-order valence-corrected chi connectivity index (χ3v) is 4.73. The Bertz CT molecular complexity index is 400. The lowest BCUT2D eigenvalue weighted by atomic mass is 9.94. The van der Waals surface area contributed by atoms with Gasteiger partial charge in [0.05, 0.1) is 5.69 Å². The molecule has 0 unspecified atom stereocenters. The molecular weight excluding hydrogens is 300 g/mol. The number of anilines is 1. The van der Waals surface area contributed by atoms with Crippen LogP contribution in [0, 0.1) is 0 Å². The van der Waals surface area contributed by atoms with E-state index in [-0.39, 0.29) is 0 Å². The van der Waals surface area contributed by atoms with Crippen molar-refractivity contribution in [2.24, 2.45) is 0 Å². The van der Waals surface area contributed by atoms with Gasteiger partial charge in [0, 0.05) is 24.1 Å².